The number of carbonyl (C=O) groups is 1. The van der Waals surface area contributed by atoms with Crippen molar-refractivity contribution in [1.82, 2.24) is 4.98 Å². The zero-order chi connectivity index (χ0) is 18.9. The van der Waals surface area contributed by atoms with Gasteiger partial charge in [-0.15, -0.1) is 0 Å². The van der Waals surface area contributed by atoms with Crippen molar-refractivity contribution in [3.63, 3.8) is 0 Å². The Balaban J connectivity index is 2.08. The van der Waals surface area contributed by atoms with Crippen LogP contribution in [0.1, 0.15) is 17.3 Å². The van der Waals surface area contributed by atoms with E-state index in [1.807, 2.05) is 6.92 Å². The lowest BCUT2D eigenvalue weighted by molar-refractivity contribution is 0.102. The highest BCUT2D eigenvalue weighted by molar-refractivity contribution is 9.10. The van der Waals surface area contributed by atoms with E-state index in [1.165, 1.54) is 13.3 Å². The Morgan fingerprint density at radius 2 is 2.00 bits per heavy atom. The van der Waals surface area contributed by atoms with E-state index < -0.39 is 0 Å². The third-order valence-electron chi connectivity index (χ3n) is 3.31. The van der Waals surface area contributed by atoms with Gasteiger partial charge in [-0.1, -0.05) is 0 Å². The zero-order valence-corrected chi connectivity index (χ0v) is 16.5. The number of halogens is 1. The molecule has 0 atom stereocenters. The van der Waals surface area contributed by atoms with Crippen LogP contribution in [0.2, 0.25) is 0 Å². The zero-order valence-electron chi connectivity index (χ0n) is 14.9. The number of nitrogens with zero attached hydrogens (tertiary/aromatic N) is 1. The number of carbonyl (C=O) groups excluding carboxylic acids is 1. The maximum Gasteiger partial charge on any atom is 0.255 e. The summed E-state index contributed by atoms with van der Waals surface area (Å²) in [4.78, 5) is 16.6. The van der Waals surface area contributed by atoms with Crippen LogP contribution < -0.4 is 19.5 Å². The maximum atomic E-state index is 12.5. The number of rotatable bonds is 9. The molecule has 0 saturated carbocycles. The van der Waals surface area contributed by atoms with E-state index in [9.17, 15) is 4.79 Å². The fourth-order valence-electron chi connectivity index (χ4n) is 2.11. The van der Waals surface area contributed by atoms with Crippen molar-refractivity contribution in [2.45, 2.75) is 6.92 Å². The van der Waals surface area contributed by atoms with Crippen molar-refractivity contribution in [2.75, 3.05) is 39.4 Å². The summed E-state index contributed by atoms with van der Waals surface area (Å²) in [5, 5.41) is 2.78. The van der Waals surface area contributed by atoms with E-state index in [0.717, 1.165) is 0 Å². The smallest absolute Gasteiger partial charge is 0.255 e. The minimum atomic E-state index is -0.290. The van der Waals surface area contributed by atoms with Crippen LogP contribution in [-0.2, 0) is 4.74 Å². The normalized spacial score (nSPS) is 10.3. The third kappa shape index (κ3) is 5.34. The summed E-state index contributed by atoms with van der Waals surface area (Å²) in [5.41, 5.74) is 0.982. The fourth-order valence-corrected chi connectivity index (χ4v) is 2.66. The summed E-state index contributed by atoms with van der Waals surface area (Å²) in [7, 11) is 3.13. The number of pyridine rings is 1. The first-order valence-corrected chi connectivity index (χ1v) is 8.77. The topological polar surface area (TPSA) is 78.9 Å². The summed E-state index contributed by atoms with van der Waals surface area (Å²) in [6.45, 7) is 3.26. The summed E-state index contributed by atoms with van der Waals surface area (Å²) in [6, 6.07) is 6.70. The predicted molar refractivity (Wildman–Crippen MR) is 101 cm³/mol. The Bertz CT molecular complexity index is 737. The number of amides is 1. The number of aromatic nitrogens is 1. The van der Waals surface area contributed by atoms with Crippen LogP contribution in [0.5, 0.6) is 17.4 Å². The van der Waals surface area contributed by atoms with Crippen molar-refractivity contribution in [1.29, 1.82) is 0 Å². The Kier molecular flexibility index (Phi) is 7.68. The Morgan fingerprint density at radius 1 is 1.19 bits per heavy atom. The van der Waals surface area contributed by atoms with E-state index in [-0.39, 0.29) is 5.91 Å². The van der Waals surface area contributed by atoms with Crippen LogP contribution in [-0.4, -0.2) is 44.9 Å². The molecule has 0 unspecified atom stereocenters. The molecule has 140 valence electrons. The molecule has 0 radical (unpaired) electrons. The number of methoxy groups -OCH3 is 2. The first-order valence-electron chi connectivity index (χ1n) is 7.98. The Labute approximate surface area is 160 Å². The summed E-state index contributed by atoms with van der Waals surface area (Å²) in [5.74, 6) is 1.21. The average Bonchev–Trinajstić information content (AvgIpc) is 2.64. The lowest BCUT2D eigenvalue weighted by atomic mass is 10.2. The highest BCUT2D eigenvalue weighted by Crippen LogP contribution is 2.36. The van der Waals surface area contributed by atoms with Gasteiger partial charge >= 0.3 is 0 Å². The molecular weight excluding hydrogens is 404 g/mol. The Morgan fingerprint density at radius 3 is 2.62 bits per heavy atom. The highest BCUT2D eigenvalue weighted by atomic mass is 79.9. The monoisotopic (exact) mass is 424 g/mol. The third-order valence-corrected chi connectivity index (χ3v) is 3.90. The molecule has 0 aliphatic heterocycles. The number of ether oxygens (including phenoxy) is 4. The van der Waals surface area contributed by atoms with Crippen LogP contribution in [0.4, 0.5) is 5.69 Å². The maximum absolute atomic E-state index is 12.5. The van der Waals surface area contributed by atoms with Gasteiger partial charge in [0, 0.05) is 18.7 Å². The van der Waals surface area contributed by atoms with E-state index >= 15 is 0 Å². The number of benzene rings is 1. The van der Waals surface area contributed by atoms with Gasteiger partial charge in [-0.2, -0.15) is 0 Å². The van der Waals surface area contributed by atoms with Gasteiger partial charge in [0.05, 0.1) is 36.7 Å². The van der Waals surface area contributed by atoms with Gasteiger partial charge in [0.15, 0.2) is 11.5 Å². The van der Waals surface area contributed by atoms with Gasteiger partial charge < -0.3 is 24.3 Å². The van der Waals surface area contributed by atoms with Crippen molar-refractivity contribution >= 4 is 27.5 Å². The largest absolute Gasteiger partial charge is 0.493 e. The molecule has 1 heterocycles. The van der Waals surface area contributed by atoms with E-state index in [1.54, 1.807) is 31.4 Å². The van der Waals surface area contributed by atoms with Crippen molar-refractivity contribution in [3.8, 4) is 17.4 Å². The molecule has 0 fully saturated rings. The van der Waals surface area contributed by atoms with E-state index in [4.69, 9.17) is 18.9 Å². The van der Waals surface area contributed by atoms with Gasteiger partial charge in [-0.25, -0.2) is 4.98 Å². The van der Waals surface area contributed by atoms with Crippen LogP contribution >= 0.6 is 15.9 Å². The number of anilines is 1. The summed E-state index contributed by atoms with van der Waals surface area (Å²) in [6.07, 6.45) is 1.53. The molecule has 0 bridgehead atoms. The standard InChI is InChI=1S/C18H21BrN2O5/c1-4-25-17-14(19)9-12(10-15(17)24-3)18(22)21-13-5-6-16(20-11-13)26-8-7-23-2/h5-6,9-11H,4,7-8H2,1-3H3,(H,21,22). The second kappa shape index (κ2) is 9.98. The van der Waals surface area contributed by atoms with Crippen molar-refractivity contribution < 1.29 is 23.7 Å². The second-order valence-electron chi connectivity index (χ2n) is 5.10. The number of hydrogen-bond acceptors (Lipinski definition) is 6. The van der Waals surface area contributed by atoms with Gasteiger partial charge in [-0.3, -0.25) is 4.79 Å². The molecule has 26 heavy (non-hydrogen) atoms. The molecule has 1 aromatic heterocycles. The van der Waals surface area contributed by atoms with E-state index in [2.05, 4.69) is 26.2 Å². The molecule has 2 aromatic rings. The molecule has 0 saturated heterocycles. The summed E-state index contributed by atoms with van der Waals surface area (Å²) < 4.78 is 21.8. The van der Waals surface area contributed by atoms with Crippen LogP contribution in [0.25, 0.3) is 0 Å². The van der Waals surface area contributed by atoms with Crippen LogP contribution in [0, 0.1) is 0 Å². The average molecular weight is 425 g/mol. The number of nitrogens with one attached hydrogen (secondary N) is 1. The Hall–Kier alpha value is -2.32. The lowest BCUT2D eigenvalue weighted by Crippen LogP contribution is -2.13. The second-order valence-corrected chi connectivity index (χ2v) is 5.96. The minimum Gasteiger partial charge on any atom is -0.493 e. The molecule has 0 aliphatic carbocycles. The molecule has 0 aliphatic rings. The molecule has 1 amide bonds. The number of hydrogen-bond donors (Lipinski definition) is 1. The van der Waals surface area contributed by atoms with Gasteiger partial charge in [0.2, 0.25) is 5.88 Å². The first kappa shape index (κ1) is 20.0. The fraction of sp³-hybridized carbons (Fsp3) is 0.333. The SMILES string of the molecule is CCOc1c(Br)cc(C(=O)Nc2ccc(OCCOC)nc2)cc1OC. The van der Waals surface area contributed by atoms with Gasteiger partial charge in [-0.05, 0) is 41.1 Å². The van der Waals surface area contributed by atoms with Gasteiger partial charge in [0.25, 0.3) is 5.91 Å². The molecule has 1 aromatic carbocycles. The highest BCUT2D eigenvalue weighted by Gasteiger charge is 2.15. The van der Waals surface area contributed by atoms with E-state index in [0.29, 0.717) is 52.9 Å². The minimum absolute atomic E-state index is 0.290. The van der Waals surface area contributed by atoms with Crippen LogP contribution in [0.3, 0.4) is 0 Å². The molecule has 1 N–H and O–H groups in total. The molecule has 2 rings (SSSR count). The van der Waals surface area contributed by atoms with Crippen LogP contribution in [0.15, 0.2) is 34.9 Å². The molecule has 0 spiro atoms. The quantitative estimate of drug-likeness (QED) is 0.620. The molecular formula is C18H21BrN2O5. The molecule has 7 nitrogen and oxygen atoms in total. The molecule has 8 heteroatoms. The van der Waals surface area contributed by atoms with Crippen molar-refractivity contribution in [2.24, 2.45) is 0 Å². The summed E-state index contributed by atoms with van der Waals surface area (Å²) >= 11 is 3.41. The lowest BCUT2D eigenvalue weighted by Gasteiger charge is -2.13. The predicted octanol–water partition coefficient (Wildman–Crippen LogP) is 3.53. The first-order chi connectivity index (χ1) is 12.6. The van der Waals surface area contributed by atoms with Crippen molar-refractivity contribution in [3.05, 3.63) is 40.5 Å². The van der Waals surface area contributed by atoms with Gasteiger partial charge in [0.1, 0.15) is 6.61 Å².